The lowest BCUT2D eigenvalue weighted by molar-refractivity contribution is -0.945. The van der Waals surface area contributed by atoms with E-state index in [2.05, 4.69) is 9.68 Å². The standard InChI is InChI=1S/C10H18N2O4/c1-3-5-7-9(13)15-12(11)16-10(14)8-6-4-2/h3-8H2,1-2H3. The molecule has 0 aromatic heterocycles. The van der Waals surface area contributed by atoms with E-state index in [1.165, 1.54) is 0 Å². The van der Waals surface area contributed by atoms with Gasteiger partial charge in [0.05, 0.1) is 12.8 Å². The molecule has 0 aromatic rings. The van der Waals surface area contributed by atoms with Crippen LogP contribution in [0.25, 0.3) is 5.53 Å². The van der Waals surface area contributed by atoms with Crippen molar-refractivity contribution >= 4 is 11.9 Å². The molecule has 6 heteroatoms. The van der Waals surface area contributed by atoms with Gasteiger partial charge in [-0.15, -0.1) is 0 Å². The Morgan fingerprint density at radius 1 is 1.00 bits per heavy atom. The third-order valence-electron chi connectivity index (χ3n) is 1.83. The molecule has 0 atom stereocenters. The van der Waals surface area contributed by atoms with Crippen LogP contribution in [0.15, 0.2) is 0 Å². The van der Waals surface area contributed by atoms with Gasteiger partial charge in [-0.3, -0.25) is 0 Å². The van der Waals surface area contributed by atoms with Gasteiger partial charge >= 0.3 is 11.9 Å². The van der Waals surface area contributed by atoms with Crippen LogP contribution in [0.2, 0.25) is 0 Å². The highest BCUT2D eigenvalue weighted by Crippen LogP contribution is 2.00. The normalized spacial score (nSPS) is 9.62. The third kappa shape index (κ3) is 7.90. The summed E-state index contributed by atoms with van der Waals surface area (Å²) in [6, 6.07) is 0. The van der Waals surface area contributed by atoms with E-state index in [0.29, 0.717) is 12.8 Å². The number of carbonyl (C=O) groups is 2. The first-order chi connectivity index (χ1) is 7.60. The number of hydrogen-bond donors (Lipinski definition) is 0. The molecule has 0 aliphatic carbocycles. The Balaban J connectivity index is 3.72. The maximum Gasteiger partial charge on any atom is 0.385 e. The summed E-state index contributed by atoms with van der Waals surface area (Å²) in [5, 5.41) is -0.171. The van der Waals surface area contributed by atoms with Crippen LogP contribution in [0.1, 0.15) is 52.4 Å². The zero-order valence-electron chi connectivity index (χ0n) is 9.77. The van der Waals surface area contributed by atoms with Gasteiger partial charge in [0.1, 0.15) is 5.02 Å². The fourth-order valence-electron chi connectivity index (χ4n) is 0.926. The van der Waals surface area contributed by atoms with Gasteiger partial charge in [-0.25, -0.2) is 9.59 Å². The molecule has 0 saturated heterocycles. The van der Waals surface area contributed by atoms with Gasteiger partial charge in [0.25, 0.3) is 0 Å². The second-order valence-corrected chi connectivity index (χ2v) is 3.37. The zero-order chi connectivity index (χ0) is 12.4. The molecule has 0 fully saturated rings. The van der Waals surface area contributed by atoms with E-state index >= 15 is 0 Å². The van der Waals surface area contributed by atoms with E-state index in [1.807, 2.05) is 13.8 Å². The van der Waals surface area contributed by atoms with Crippen LogP contribution in [0.3, 0.4) is 0 Å². The van der Waals surface area contributed by atoms with E-state index in [1.54, 1.807) is 0 Å². The average Bonchev–Trinajstić information content (AvgIpc) is 2.23. The number of unbranched alkanes of at least 4 members (excludes halogenated alkanes) is 2. The Labute approximate surface area is 94.9 Å². The maximum atomic E-state index is 11.0. The predicted molar refractivity (Wildman–Crippen MR) is 54.9 cm³/mol. The van der Waals surface area contributed by atoms with Crippen molar-refractivity contribution in [1.29, 1.82) is 0 Å². The summed E-state index contributed by atoms with van der Waals surface area (Å²) in [7, 11) is 0. The Bertz CT molecular complexity index is 229. The van der Waals surface area contributed by atoms with E-state index in [0.717, 1.165) is 12.8 Å². The topological polar surface area (TPSA) is 77.9 Å². The molecular formula is C10H18N2O4. The van der Waals surface area contributed by atoms with Crippen LogP contribution in [0.4, 0.5) is 0 Å². The van der Waals surface area contributed by atoms with Crippen molar-refractivity contribution in [3.8, 4) is 0 Å². The molecule has 0 amide bonds. The van der Waals surface area contributed by atoms with E-state index in [4.69, 9.17) is 5.53 Å². The van der Waals surface area contributed by atoms with Crippen LogP contribution in [0.5, 0.6) is 0 Å². The van der Waals surface area contributed by atoms with Crippen molar-refractivity contribution in [3.63, 3.8) is 0 Å². The van der Waals surface area contributed by atoms with Gasteiger partial charge in [0, 0.05) is 0 Å². The molecule has 0 unspecified atom stereocenters. The lowest BCUT2D eigenvalue weighted by atomic mass is 10.3. The van der Waals surface area contributed by atoms with Gasteiger partial charge in [0.15, 0.2) is 0 Å². The van der Waals surface area contributed by atoms with Crippen LogP contribution in [-0.2, 0) is 19.3 Å². The first-order valence-corrected chi connectivity index (χ1v) is 5.50. The highest BCUT2D eigenvalue weighted by atomic mass is 17.0. The molecule has 0 aliphatic heterocycles. The van der Waals surface area contributed by atoms with Crippen LogP contribution < -0.4 is 0 Å². The van der Waals surface area contributed by atoms with E-state index in [-0.39, 0.29) is 17.9 Å². The summed E-state index contributed by atoms with van der Waals surface area (Å²) < 4.78 is 0. The summed E-state index contributed by atoms with van der Waals surface area (Å²) in [5.74, 6) is -1.26. The van der Waals surface area contributed by atoms with Crippen LogP contribution >= 0.6 is 0 Å². The van der Waals surface area contributed by atoms with Gasteiger partial charge in [0.2, 0.25) is 0 Å². The summed E-state index contributed by atoms with van der Waals surface area (Å²) >= 11 is 0. The second kappa shape index (κ2) is 8.82. The summed E-state index contributed by atoms with van der Waals surface area (Å²) in [6.07, 6.45) is 3.38. The fraction of sp³-hybridized carbons (Fsp3) is 0.800. The minimum absolute atomic E-state index is 0.171. The summed E-state index contributed by atoms with van der Waals surface area (Å²) in [4.78, 5) is 30.6. The fourth-order valence-corrected chi connectivity index (χ4v) is 0.926. The number of nitrogens with zero attached hydrogens (tertiary/aromatic N) is 2. The van der Waals surface area contributed by atoms with E-state index < -0.39 is 11.9 Å². The predicted octanol–water partition coefficient (Wildman–Crippen LogP) is 2.32. The highest BCUT2D eigenvalue weighted by Gasteiger charge is 2.14. The lowest BCUT2D eigenvalue weighted by Gasteiger charge is -2.00. The van der Waals surface area contributed by atoms with Crippen molar-refractivity contribution in [3.05, 3.63) is 5.53 Å². The first kappa shape index (κ1) is 14.5. The molecule has 0 bridgehead atoms. The molecule has 0 N–H and O–H groups in total. The molecule has 0 aromatic carbocycles. The maximum absolute atomic E-state index is 11.0. The van der Waals surface area contributed by atoms with Gasteiger partial charge in [-0.05, 0) is 12.8 Å². The lowest BCUT2D eigenvalue weighted by Crippen LogP contribution is -2.19. The zero-order valence-corrected chi connectivity index (χ0v) is 9.77. The Hall–Kier alpha value is -1.46. The van der Waals surface area contributed by atoms with E-state index in [9.17, 15) is 9.59 Å². The van der Waals surface area contributed by atoms with Crippen molar-refractivity contribution in [2.75, 3.05) is 0 Å². The molecule has 16 heavy (non-hydrogen) atoms. The Morgan fingerprint density at radius 3 is 1.69 bits per heavy atom. The van der Waals surface area contributed by atoms with Crippen molar-refractivity contribution < 1.29 is 24.3 Å². The van der Waals surface area contributed by atoms with Gasteiger partial charge < -0.3 is 5.53 Å². The average molecular weight is 230 g/mol. The molecule has 6 nitrogen and oxygen atoms in total. The minimum atomic E-state index is -0.632. The minimum Gasteiger partial charge on any atom is -0.390 e. The van der Waals surface area contributed by atoms with Crippen LogP contribution in [0, 0.1) is 0 Å². The third-order valence-corrected chi connectivity index (χ3v) is 1.83. The number of hydrogen-bond acceptors (Lipinski definition) is 4. The van der Waals surface area contributed by atoms with Gasteiger partial charge in [-0.1, -0.05) is 26.7 Å². The second-order valence-electron chi connectivity index (χ2n) is 3.37. The molecule has 0 radical (unpaired) electrons. The molecule has 92 valence electrons. The van der Waals surface area contributed by atoms with Crippen LogP contribution in [-0.4, -0.2) is 17.0 Å². The molecule has 0 rings (SSSR count). The molecule has 0 spiro atoms. The van der Waals surface area contributed by atoms with Crippen molar-refractivity contribution in [1.82, 2.24) is 0 Å². The highest BCUT2D eigenvalue weighted by molar-refractivity contribution is 5.69. The smallest absolute Gasteiger partial charge is 0.385 e. The monoisotopic (exact) mass is 230 g/mol. The van der Waals surface area contributed by atoms with Crippen molar-refractivity contribution in [2.24, 2.45) is 0 Å². The number of rotatable bonds is 8. The quantitative estimate of drug-likeness (QED) is 0.473. The van der Waals surface area contributed by atoms with Gasteiger partial charge in [-0.2, -0.15) is 9.68 Å². The summed E-state index contributed by atoms with van der Waals surface area (Å²) in [5.41, 5.74) is 8.94. The SMILES string of the molecule is CCCCC(=O)O[N+](=[N-])OC(=O)CCCC. The Kier molecular flexibility index (Phi) is 8.01. The largest absolute Gasteiger partial charge is 0.390 e. The molecule has 0 saturated carbocycles. The number of carbonyl (C=O) groups excluding carboxylic acids is 2. The van der Waals surface area contributed by atoms with Crippen molar-refractivity contribution in [2.45, 2.75) is 52.4 Å². The summed E-state index contributed by atoms with van der Waals surface area (Å²) in [6.45, 7) is 3.85. The Morgan fingerprint density at radius 2 is 1.38 bits per heavy atom. The first-order valence-electron chi connectivity index (χ1n) is 5.50. The molecular weight excluding hydrogens is 212 g/mol. The molecule has 0 heterocycles. The molecule has 0 aliphatic rings.